The van der Waals surface area contributed by atoms with E-state index >= 15 is 0 Å². The minimum atomic E-state index is -0.873. The molecule has 0 saturated heterocycles. The number of rotatable bonds is 7. The number of carbonyl (C=O) groups excluding carboxylic acids is 2. The number of carbonyl (C=O) groups is 2. The number of hydrogen-bond donors (Lipinski definition) is 1. The Morgan fingerprint density at radius 2 is 2.00 bits per heavy atom. The first-order chi connectivity index (χ1) is 14.6. The number of para-hydroxylation sites is 1. The molecule has 0 radical (unpaired) electrons. The van der Waals surface area contributed by atoms with E-state index < -0.39 is 23.5 Å². The zero-order chi connectivity index (χ0) is 21.3. The number of nitrogens with zero attached hydrogens (tertiary/aromatic N) is 1. The van der Waals surface area contributed by atoms with Crippen molar-refractivity contribution in [3.05, 3.63) is 81.6 Å². The molecular formula is C22H19NO6S. The van der Waals surface area contributed by atoms with Crippen molar-refractivity contribution in [1.82, 2.24) is 4.90 Å². The maximum Gasteiger partial charge on any atom is 0.290 e. The number of ether oxygens (including phenoxy) is 2. The number of amides is 1. The van der Waals surface area contributed by atoms with Crippen molar-refractivity contribution in [1.29, 1.82) is 0 Å². The molecule has 0 spiro atoms. The van der Waals surface area contributed by atoms with Gasteiger partial charge >= 0.3 is 0 Å². The summed E-state index contributed by atoms with van der Waals surface area (Å²) in [4.78, 5) is 28.6. The summed E-state index contributed by atoms with van der Waals surface area (Å²) in [7, 11) is 2.99. The Bertz CT molecular complexity index is 1100. The Morgan fingerprint density at radius 1 is 1.17 bits per heavy atom. The average molecular weight is 425 g/mol. The highest BCUT2D eigenvalue weighted by atomic mass is 32.1. The van der Waals surface area contributed by atoms with Crippen molar-refractivity contribution >= 4 is 23.0 Å². The summed E-state index contributed by atoms with van der Waals surface area (Å²) >= 11 is 1.48. The Hall–Kier alpha value is -3.52. The number of benzene rings is 1. The Balaban J connectivity index is 1.88. The molecule has 8 heteroatoms. The van der Waals surface area contributed by atoms with Gasteiger partial charge in [-0.15, -0.1) is 11.3 Å². The highest BCUT2D eigenvalue weighted by Crippen LogP contribution is 2.46. The van der Waals surface area contributed by atoms with Gasteiger partial charge in [0.05, 0.1) is 38.6 Å². The van der Waals surface area contributed by atoms with E-state index in [1.165, 1.54) is 42.8 Å². The number of hydrogen-bond acceptors (Lipinski definition) is 7. The Morgan fingerprint density at radius 3 is 2.63 bits per heavy atom. The molecule has 1 N–H and O–H groups in total. The lowest BCUT2D eigenvalue weighted by Crippen LogP contribution is -2.30. The summed E-state index contributed by atoms with van der Waals surface area (Å²) in [6, 6.07) is 11.2. The van der Waals surface area contributed by atoms with Crippen LogP contribution < -0.4 is 9.47 Å². The quantitative estimate of drug-likeness (QED) is 0.573. The van der Waals surface area contributed by atoms with Gasteiger partial charge in [0.25, 0.3) is 5.91 Å². The van der Waals surface area contributed by atoms with Gasteiger partial charge in [0.2, 0.25) is 5.78 Å². The van der Waals surface area contributed by atoms with Crippen LogP contribution >= 0.6 is 11.3 Å². The first kappa shape index (κ1) is 19.8. The molecule has 30 heavy (non-hydrogen) atoms. The molecule has 1 atom stereocenters. The molecule has 1 aromatic carbocycles. The van der Waals surface area contributed by atoms with Crippen molar-refractivity contribution in [3.63, 3.8) is 0 Å². The smallest absolute Gasteiger partial charge is 0.290 e. The summed E-state index contributed by atoms with van der Waals surface area (Å²) in [5.41, 5.74) is 0.471. The predicted molar refractivity (Wildman–Crippen MR) is 110 cm³/mol. The van der Waals surface area contributed by atoms with Gasteiger partial charge in [0.1, 0.15) is 0 Å². The van der Waals surface area contributed by atoms with Crippen molar-refractivity contribution in [2.75, 3.05) is 14.2 Å². The normalized spacial score (nSPS) is 16.3. The van der Waals surface area contributed by atoms with Crippen LogP contribution in [0.5, 0.6) is 11.5 Å². The standard InChI is InChI=1S/C22H19NO6S/c1-27-16-8-3-7-14(21(16)28-2)18-17(19(24)15-9-4-10-29-15)20(25)22(26)23(18)12-13-6-5-11-30-13/h3-11,18,25H,12H2,1-2H3. The van der Waals surface area contributed by atoms with Gasteiger partial charge in [-0.05, 0) is 29.6 Å². The predicted octanol–water partition coefficient (Wildman–Crippen LogP) is 4.14. The molecule has 4 rings (SSSR count). The van der Waals surface area contributed by atoms with E-state index in [-0.39, 0.29) is 17.9 Å². The molecule has 7 nitrogen and oxygen atoms in total. The van der Waals surface area contributed by atoms with Crippen LogP contribution in [0.15, 0.2) is 69.9 Å². The topological polar surface area (TPSA) is 89.2 Å². The largest absolute Gasteiger partial charge is 0.503 e. The van der Waals surface area contributed by atoms with Crippen molar-refractivity contribution in [2.45, 2.75) is 12.6 Å². The molecule has 0 saturated carbocycles. The number of methoxy groups -OCH3 is 2. The monoisotopic (exact) mass is 425 g/mol. The highest BCUT2D eigenvalue weighted by molar-refractivity contribution is 7.09. The van der Waals surface area contributed by atoms with E-state index in [2.05, 4.69) is 0 Å². The number of thiophene rings is 1. The number of aliphatic hydroxyl groups excluding tert-OH is 1. The average Bonchev–Trinajstić information content (AvgIpc) is 3.51. The molecule has 3 heterocycles. The molecule has 0 aliphatic carbocycles. The fourth-order valence-corrected chi connectivity index (χ4v) is 4.31. The van der Waals surface area contributed by atoms with Crippen LogP contribution in [0.25, 0.3) is 0 Å². The first-order valence-corrected chi connectivity index (χ1v) is 10.00. The second-order valence-electron chi connectivity index (χ2n) is 6.57. The van der Waals surface area contributed by atoms with Gasteiger partial charge in [0.15, 0.2) is 23.0 Å². The fourth-order valence-electron chi connectivity index (χ4n) is 3.61. The first-order valence-electron chi connectivity index (χ1n) is 9.12. The summed E-state index contributed by atoms with van der Waals surface area (Å²) in [6.45, 7) is 0.223. The van der Waals surface area contributed by atoms with Crippen molar-refractivity contribution in [3.8, 4) is 11.5 Å². The van der Waals surface area contributed by atoms with Crippen LogP contribution in [0, 0.1) is 0 Å². The minimum absolute atomic E-state index is 0.0363. The molecule has 1 aliphatic rings. The zero-order valence-corrected chi connectivity index (χ0v) is 17.1. The third-order valence-electron chi connectivity index (χ3n) is 4.93. The third kappa shape index (κ3) is 3.25. The second kappa shape index (κ2) is 8.08. The van der Waals surface area contributed by atoms with Gasteiger partial charge < -0.3 is 23.9 Å². The molecule has 0 bridgehead atoms. The van der Waals surface area contributed by atoms with Crippen LogP contribution in [0.3, 0.4) is 0 Å². The fraction of sp³-hybridized carbons (Fsp3) is 0.182. The maximum absolute atomic E-state index is 13.2. The van der Waals surface area contributed by atoms with Crippen LogP contribution in [0.4, 0.5) is 0 Å². The minimum Gasteiger partial charge on any atom is -0.503 e. The van der Waals surface area contributed by atoms with E-state index in [9.17, 15) is 14.7 Å². The molecule has 154 valence electrons. The van der Waals surface area contributed by atoms with Gasteiger partial charge in [-0.1, -0.05) is 18.2 Å². The van der Waals surface area contributed by atoms with Gasteiger partial charge in [-0.3, -0.25) is 9.59 Å². The van der Waals surface area contributed by atoms with Gasteiger partial charge in [-0.2, -0.15) is 0 Å². The van der Waals surface area contributed by atoms with E-state index in [0.717, 1.165) is 4.88 Å². The highest BCUT2D eigenvalue weighted by Gasteiger charge is 2.45. The van der Waals surface area contributed by atoms with Crippen molar-refractivity contribution < 1.29 is 28.6 Å². The molecule has 1 amide bonds. The molecule has 1 unspecified atom stereocenters. The van der Waals surface area contributed by atoms with Crippen LogP contribution in [0.1, 0.15) is 27.0 Å². The third-order valence-corrected chi connectivity index (χ3v) is 5.79. The zero-order valence-electron chi connectivity index (χ0n) is 16.3. The number of aliphatic hydroxyl groups is 1. The number of ketones is 1. The lowest BCUT2D eigenvalue weighted by atomic mass is 9.94. The van der Waals surface area contributed by atoms with Crippen LogP contribution in [-0.4, -0.2) is 35.9 Å². The van der Waals surface area contributed by atoms with Gasteiger partial charge in [0, 0.05) is 10.4 Å². The maximum atomic E-state index is 13.2. The second-order valence-corrected chi connectivity index (χ2v) is 7.60. The lowest BCUT2D eigenvalue weighted by Gasteiger charge is -2.28. The van der Waals surface area contributed by atoms with Crippen molar-refractivity contribution in [2.24, 2.45) is 0 Å². The summed E-state index contributed by atoms with van der Waals surface area (Å²) in [6.07, 6.45) is 1.37. The number of Topliss-reactive ketones (excluding diaryl/α,β-unsaturated/α-hetero) is 1. The van der Waals surface area contributed by atoms with E-state index in [4.69, 9.17) is 13.9 Å². The molecule has 3 aromatic rings. The van der Waals surface area contributed by atoms with E-state index in [1.54, 1.807) is 24.3 Å². The van der Waals surface area contributed by atoms with E-state index in [0.29, 0.717) is 17.1 Å². The van der Waals surface area contributed by atoms with E-state index in [1.807, 2.05) is 17.5 Å². The molecule has 0 fully saturated rings. The van der Waals surface area contributed by atoms with Crippen LogP contribution in [0.2, 0.25) is 0 Å². The lowest BCUT2D eigenvalue weighted by molar-refractivity contribution is -0.130. The Kier molecular flexibility index (Phi) is 5.33. The molecule has 1 aliphatic heterocycles. The summed E-state index contributed by atoms with van der Waals surface area (Å²) in [5, 5.41) is 12.6. The SMILES string of the molecule is COc1cccc(C2C(C(=O)c3ccco3)=C(O)C(=O)N2Cc2cccs2)c1OC. The molecular weight excluding hydrogens is 406 g/mol. The summed E-state index contributed by atoms with van der Waals surface area (Å²) < 4.78 is 16.2. The number of furan rings is 1. The molecule has 2 aromatic heterocycles. The summed E-state index contributed by atoms with van der Waals surface area (Å²) in [5.74, 6) is -0.914. The van der Waals surface area contributed by atoms with Gasteiger partial charge in [-0.25, -0.2) is 0 Å². The van der Waals surface area contributed by atoms with Crippen LogP contribution in [-0.2, 0) is 11.3 Å². The Labute approximate surface area is 176 Å².